The van der Waals surface area contributed by atoms with Crippen molar-refractivity contribution in [3.8, 4) is 0 Å². The van der Waals surface area contributed by atoms with E-state index in [1.807, 2.05) is 0 Å². The monoisotopic (exact) mass is 246 g/mol. The van der Waals surface area contributed by atoms with E-state index in [0.717, 1.165) is 24.6 Å². The zero-order valence-electron chi connectivity index (χ0n) is 8.23. The minimum absolute atomic E-state index is 0.499. The van der Waals surface area contributed by atoms with Crippen LogP contribution in [0.2, 0.25) is 0 Å². The lowest BCUT2D eigenvalue weighted by Gasteiger charge is -2.18. The second-order valence-corrected chi connectivity index (χ2v) is 4.83. The van der Waals surface area contributed by atoms with Gasteiger partial charge in [0.05, 0.1) is 0 Å². The molecule has 1 aliphatic carbocycles. The largest absolute Gasteiger partial charge is 0.300 e. The third kappa shape index (κ3) is 4.80. The van der Waals surface area contributed by atoms with E-state index in [4.69, 9.17) is 0 Å². The summed E-state index contributed by atoms with van der Waals surface area (Å²) in [7, 11) is 0. The zero-order chi connectivity index (χ0) is 9.52. The Morgan fingerprint density at radius 1 is 1.31 bits per heavy atom. The van der Waals surface area contributed by atoms with E-state index >= 15 is 0 Å². The molecule has 1 aliphatic rings. The van der Waals surface area contributed by atoms with Crippen LogP contribution in [0.5, 0.6) is 0 Å². The van der Waals surface area contributed by atoms with Crippen molar-refractivity contribution in [1.29, 1.82) is 0 Å². The van der Waals surface area contributed by atoms with Crippen LogP contribution >= 0.6 is 15.9 Å². The van der Waals surface area contributed by atoms with Crippen molar-refractivity contribution in [2.75, 3.05) is 5.33 Å². The summed E-state index contributed by atoms with van der Waals surface area (Å²) < 4.78 is 0. The Kier molecular flexibility index (Phi) is 5.68. The maximum absolute atomic E-state index is 11.4. The van der Waals surface area contributed by atoms with Gasteiger partial charge in [-0.15, -0.1) is 0 Å². The second kappa shape index (κ2) is 6.58. The molecule has 1 atom stereocenters. The summed E-state index contributed by atoms with van der Waals surface area (Å²) in [5, 5.41) is 1.08. The summed E-state index contributed by atoms with van der Waals surface area (Å²) in [5.41, 5.74) is 0. The first-order chi connectivity index (χ1) is 6.33. The summed E-state index contributed by atoms with van der Waals surface area (Å²) in [6.07, 6.45) is 9.15. The van der Waals surface area contributed by atoms with Gasteiger partial charge in [0, 0.05) is 18.2 Å². The van der Waals surface area contributed by atoms with E-state index in [9.17, 15) is 4.79 Å². The summed E-state index contributed by atoms with van der Waals surface area (Å²) in [4.78, 5) is 11.4. The quantitative estimate of drug-likeness (QED) is 0.695. The lowest BCUT2D eigenvalue weighted by Crippen LogP contribution is -2.11. The van der Waals surface area contributed by atoms with E-state index in [0.29, 0.717) is 11.7 Å². The molecule has 0 heterocycles. The second-order valence-electron chi connectivity index (χ2n) is 4.04. The van der Waals surface area contributed by atoms with Crippen LogP contribution in [0.25, 0.3) is 0 Å². The summed E-state index contributed by atoms with van der Waals surface area (Å²) in [5.74, 6) is 1.18. The standard InChI is InChI=1S/C11H19BrO/c12-8-4-6-10-5-2-1-3-7-11(13)9-10/h10H,1-9H2. The number of carbonyl (C=O) groups is 1. The number of rotatable bonds is 3. The zero-order valence-corrected chi connectivity index (χ0v) is 9.81. The number of ketones is 1. The van der Waals surface area contributed by atoms with Gasteiger partial charge in [0.1, 0.15) is 5.78 Å². The lowest BCUT2D eigenvalue weighted by molar-refractivity contribution is -0.120. The van der Waals surface area contributed by atoms with Crippen LogP contribution in [0.15, 0.2) is 0 Å². The summed E-state index contributed by atoms with van der Waals surface area (Å²) in [6, 6.07) is 0. The molecule has 13 heavy (non-hydrogen) atoms. The summed E-state index contributed by atoms with van der Waals surface area (Å²) in [6.45, 7) is 0. The van der Waals surface area contributed by atoms with Crippen LogP contribution in [0.4, 0.5) is 0 Å². The molecule has 0 radical (unpaired) electrons. The summed E-state index contributed by atoms with van der Waals surface area (Å²) >= 11 is 3.44. The lowest BCUT2D eigenvalue weighted by atomic mass is 9.87. The first-order valence-electron chi connectivity index (χ1n) is 5.40. The molecule has 1 fully saturated rings. The highest BCUT2D eigenvalue weighted by atomic mass is 79.9. The van der Waals surface area contributed by atoms with Crippen molar-refractivity contribution < 1.29 is 4.79 Å². The molecular formula is C11H19BrO. The van der Waals surface area contributed by atoms with Crippen molar-refractivity contribution in [2.45, 2.75) is 51.4 Å². The third-order valence-electron chi connectivity index (χ3n) is 2.83. The van der Waals surface area contributed by atoms with Crippen molar-refractivity contribution in [3.63, 3.8) is 0 Å². The first-order valence-corrected chi connectivity index (χ1v) is 6.52. The average molecular weight is 247 g/mol. The highest BCUT2D eigenvalue weighted by Gasteiger charge is 2.15. The van der Waals surface area contributed by atoms with Crippen LogP contribution in [-0.2, 0) is 4.79 Å². The molecule has 0 saturated heterocycles. The van der Waals surface area contributed by atoms with Crippen LogP contribution in [0.3, 0.4) is 0 Å². The Morgan fingerprint density at radius 3 is 2.92 bits per heavy atom. The molecule has 0 aromatic heterocycles. The maximum Gasteiger partial charge on any atom is 0.133 e. The number of hydrogen-bond acceptors (Lipinski definition) is 1. The Balaban J connectivity index is 2.28. The van der Waals surface area contributed by atoms with Gasteiger partial charge in [0.2, 0.25) is 0 Å². The highest BCUT2D eigenvalue weighted by molar-refractivity contribution is 9.09. The number of alkyl halides is 1. The molecule has 1 nitrogen and oxygen atoms in total. The predicted molar refractivity (Wildman–Crippen MR) is 59.2 cm³/mol. The molecule has 1 rings (SSSR count). The van der Waals surface area contributed by atoms with Crippen molar-refractivity contribution in [3.05, 3.63) is 0 Å². The Bertz CT molecular complexity index is 154. The van der Waals surface area contributed by atoms with Crippen molar-refractivity contribution >= 4 is 21.7 Å². The highest BCUT2D eigenvalue weighted by Crippen LogP contribution is 2.24. The Labute approximate surface area is 89.4 Å². The van der Waals surface area contributed by atoms with E-state index in [1.165, 1.54) is 32.1 Å². The van der Waals surface area contributed by atoms with Crippen LogP contribution < -0.4 is 0 Å². The fourth-order valence-electron chi connectivity index (χ4n) is 2.07. The van der Waals surface area contributed by atoms with Crippen molar-refractivity contribution in [2.24, 2.45) is 5.92 Å². The van der Waals surface area contributed by atoms with Crippen LogP contribution in [0, 0.1) is 5.92 Å². The SMILES string of the molecule is O=C1CCCCCC(CCCBr)C1. The molecule has 0 aliphatic heterocycles. The average Bonchev–Trinajstić information content (AvgIpc) is 2.09. The van der Waals surface area contributed by atoms with E-state index in [2.05, 4.69) is 15.9 Å². The number of Topliss-reactive ketones (excluding diaryl/α,β-unsaturated/α-hetero) is 1. The van der Waals surface area contributed by atoms with Crippen LogP contribution in [-0.4, -0.2) is 11.1 Å². The van der Waals surface area contributed by atoms with E-state index in [-0.39, 0.29) is 0 Å². The molecular weight excluding hydrogens is 228 g/mol. The molecule has 2 heteroatoms. The van der Waals surface area contributed by atoms with Gasteiger partial charge in [0.25, 0.3) is 0 Å². The molecule has 0 aromatic carbocycles. The number of hydrogen-bond donors (Lipinski definition) is 0. The minimum atomic E-state index is 0.499. The van der Waals surface area contributed by atoms with Gasteiger partial charge in [0.15, 0.2) is 0 Å². The third-order valence-corrected chi connectivity index (χ3v) is 3.39. The molecule has 0 spiro atoms. The van der Waals surface area contributed by atoms with Gasteiger partial charge in [-0.1, -0.05) is 35.2 Å². The van der Waals surface area contributed by atoms with Crippen LogP contribution in [0.1, 0.15) is 51.4 Å². The van der Waals surface area contributed by atoms with Gasteiger partial charge in [-0.25, -0.2) is 0 Å². The first kappa shape index (κ1) is 11.2. The van der Waals surface area contributed by atoms with E-state index in [1.54, 1.807) is 0 Å². The molecule has 1 unspecified atom stereocenters. The molecule has 0 bridgehead atoms. The van der Waals surface area contributed by atoms with Gasteiger partial charge in [-0.2, -0.15) is 0 Å². The molecule has 0 amide bonds. The van der Waals surface area contributed by atoms with Gasteiger partial charge < -0.3 is 0 Å². The number of carbonyl (C=O) groups excluding carboxylic acids is 1. The fourth-order valence-corrected chi connectivity index (χ4v) is 2.39. The fraction of sp³-hybridized carbons (Fsp3) is 0.909. The Morgan fingerprint density at radius 2 is 2.15 bits per heavy atom. The smallest absolute Gasteiger partial charge is 0.133 e. The normalized spacial score (nSPS) is 25.3. The van der Waals surface area contributed by atoms with E-state index < -0.39 is 0 Å². The topological polar surface area (TPSA) is 17.1 Å². The van der Waals surface area contributed by atoms with Crippen molar-refractivity contribution in [1.82, 2.24) is 0 Å². The molecule has 0 N–H and O–H groups in total. The van der Waals surface area contributed by atoms with Gasteiger partial charge >= 0.3 is 0 Å². The Hall–Kier alpha value is 0.150. The molecule has 0 aromatic rings. The molecule has 76 valence electrons. The van der Waals surface area contributed by atoms with Gasteiger partial charge in [-0.05, 0) is 25.2 Å². The maximum atomic E-state index is 11.4. The van der Waals surface area contributed by atoms with Gasteiger partial charge in [-0.3, -0.25) is 4.79 Å². The number of halogens is 1. The molecule has 1 saturated carbocycles. The predicted octanol–water partition coefficient (Wildman–Crippen LogP) is 3.70. The minimum Gasteiger partial charge on any atom is -0.300 e.